The number of hydrogen-bond donors (Lipinski definition) is 1. The van der Waals surface area contributed by atoms with Gasteiger partial charge < -0.3 is 14.8 Å². The number of nitrogens with one attached hydrogen (secondary N) is 1. The molecule has 7 nitrogen and oxygen atoms in total. The van der Waals surface area contributed by atoms with Gasteiger partial charge in [0.2, 0.25) is 5.91 Å². The lowest BCUT2D eigenvalue weighted by atomic mass is 10.3. The molecule has 1 aliphatic heterocycles. The molecule has 0 bridgehead atoms. The van der Waals surface area contributed by atoms with Gasteiger partial charge >= 0.3 is 6.36 Å². The van der Waals surface area contributed by atoms with Gasteiger partial charge in [-0.05, 0) is 43.3 Å². The van der Waals surface area contributed by atoms with Gasteiger partial charge in [0.25, 0.3) is 5.56 Å². The van der Waals surface area contributed by atoms with Crippen LogP contribution in [-0.4, -0.2) is 39.9 Å². The van der Waals surface area contributed by atoms with E-state index in [4.69, 9.17) is 4.74 Å². The van der Waals surface area contributed by atoms with Gasteiger partial charge in [-0.3, -0.25) is 14.2 Å². The minimum Gasteiger partial charge on any atom is -0.492 e. The highest BCUT2D eigenvalue weighted by atomic mass is 32.2. The largest absolute Gasteiger partial charge is 0.573 e. The maximum absolute atomic E-state index is 13.2. The molecule has 2 aromatic carbocycles. The molecule has 0 saturated heterocycles. The maximum atomic E-state index is 13.2. The van der Waals surface area contributed by atoms with Crippen LogP contribution in [0.15, 0.2) is 63.4 Å². The van der Waals surface area contributed by atoms with Crippen LogP contribution in [0.3, 0.4) is 0 Å². The van der Waals surface area contributed by atoms with Crippen LogP contribution in [0.5, 0.6) is 11.5 Å². The van der Waals surface area contributed by atoms with E-state index >= 15 is 0 Å². The van der Waals surface area contributed by atoms with E-state index in [0.29, 0.717) is 46.5 Å². The van der Waals surface area contributed by atoms with Gasteiger partial charge in [0.15, 0.2) is 5.16 Å². The Kier molecular flexibility index (Phi) is 7.60. The lowest BCUT2D eigenvalue weighted by molar-refractivity contribution is -0.274. The first-order valence-electron chi connectivity index (χ1n) is 10.5. The highest BCUT2D eigenvalue weighted by molar-refractivity contribution is 8.00. The number of anilines is 1. The maximum Gasteiger partial charge on any atom is 0.573 e. The smallest absolute Gasteiger partial charge is 0.492 e. The van der Waals surface area contributed by atoms with E-state index in [0.717, 1.165) is 23.9 Å². The first-order valence-corrected chi connectivity index (χ1v) is 12.5. The molecular weight excluding hydrogens is 503 g/mol. The van der Waals surface area contributed by atoms with Gasteiger partial charge in [-0.1, -0.05) is 23.9 Å². The third-order valence-corrected chi connectivity index (χ3v) is 6.83. The fourth-order valence-corrected chi connectivity index (χ4v) is 5.23. The van der Waals surface area contributed by atoms with Crippen LogP contribution < -0.4 is 20.3 Å². The minimum atomic E-state index is -4.82. The Bertz CT molecular complexity index is 1280. The van der Waals surface area contributed by atoms with E-state index < -0.39 is 12.1 Å². The molecule has 0 saturated carbocycles. The number of para-hydroxylation sites is 2. The SMILES string of the molecule is CCOc1ccccc1NC(=O)CSc1nc2c(c(=O)n1-c1ccc(OC(F)(F)F)cc1)SCC2. The summed E-state index contributed by atoms with van der Waals surface area (Å²) in [4.78, 5) is 31.0. The zero-order valence-corrected chi connectivity index (χ0v) is 20.1. The molecule has 1 aromatic heterocycles. The van der Waals surface area contributed by atoms with Crippen molar-refractivity contribution < 1.29 is 27.4 Å². The fourth-order valence-electron chi connectivity index (χ4n) is 3.38. The molecule has 0 spiro atoms. The summed E-state index contributed by atoms with van der Waals surface area (Å²) < 4.78 is 48.3. The highest BCUT2D eigenvalue weighted by Gasteiger charge is 2.31. The lowest BCUT2D eigenvalue weighted by Gasteiger charge is -2.15. The van der Waals surface area contributed by atoms with Crippen LogP contribution in [0, 0.1) is 0 Å². The number of amides is 1. The summed E-state index contributed by atoms with van der Waals surface area (Å²) in [7, 11) is 0. The van der Waals surface area contributed by atoms with E-state index in [1.807, 2.05) is 6.92 Å². The molecule has 35 heavy (non-hydrogen) atoms. The van der Waals surface area contributed by atoms with Gasteiger partial charge in [-0.2, -0.15) is 0 Å². The average molecular weight is 524 g/mol. The van der Waals surface area contributed by atoms with Crippen molar-refractivity contribution in [3.8, 4) is 17.2 Å². The minimum absolute atomic E-state index is 0.0475. The second-order valence-electron chi connectivity index (χ2n) is 7.22. The predicted molar refractivity (Wildman–Crippen MR) is 128 cm³/mol. The number of fused-ring (bicyclic) bond motifs is 1. The number of thioether (sulfide) groups is 2. The topological polar surface area (TPSA) is 82.5 Å². The zero-order chi connectivity index (χ0) is 25.0. The van der Waals surface area contributed by atoms with Crippen LogP contribution in [0.2, 0.25) is 0 Å². The summed E-state index contributed by atoms with van der Waals surface area (Å²) in [6.07, 6.45) is -4.20. The van der Waals surface area contributed by atoms with Gasteiger partial charge in [0.1, 0.15) is 11.5 Å². The Morgan fingerprint density at radius 2 is 1.94 bits per heavy atom. The van der Waals surface area contributed by atoms with E-state index in [1.54, 1.807) is 24.3 Å². The van der Waals surface area contributed by atoms with Gasteiger partial charge in [0, 0.05) is 12.2 Å². The molecular formula is C23H20F3N3O4S2. The van der Waals surface area contributed by atoms with Crippen molar-refractivity contribution in [3.05, 3.63) is 64.6 Å². The molecule has 0 radical (unpaired) electrons. The standard InChI is InChI=1S/C23H20F3N3O4S2/c1-2-32-18-6-4-3-5-16(18)27-19(30)13-35-22-28-17-11-12-34-20(17)21(31)29(22)14-7-9-15(10-8-14)33-23(24,25)26/h3-10H,2,11-13H2,1H3,(H,27,30). The Hall–Kier alpha value is -3.12. The number of hydrogen-bond acceptors (Lipinski definition) is 7. The molecule has 1 amide bonds. The van der Waals surface area contributed by atoms with Crippen molar-refractivity contribution in [1.82, 2.24) is 9.55 Å². The molecule has 1 aliphatic rings. The van der Waals surface area contributed by atoms with Crippen molar-refractivity contribution in [1.29, 1.82) is 0 Å². The van der Waals surface area contributed by atoms with Crippen molar-refractivity contribution in [2.75, 3.05) is 23.4 Å². The van der Waals surface area contributed by atoms with Crippen molar-refractivity contribution in [3.63, 3.8) is 0 Å². The molecule has 0 unspecified atom stereocenters. The summed E-state index contributed by atoms with van der Waals surface area (Å²) >= 11 is 2.45. The lowest BCUT2D eigenvalue weighted by Crippen LogP contribution is -2.25. The number of aryl methyl sites for hydroxylation is 1. The van der Waals surface area contributed by atoms with E-state index in [2.05, 4.69) is 15.0 Å². The summed E-state index contributed by atoms with van der Waals surface area (Å²) in [5.74, 6) is 0.470. The van der Waals surface area contributed by atoms with Crippen LogP contribution in [0.4, 0.5) is 18.9 Å². The summed E-state index contributed by atoms with van der Waals surface area (Å²) in [6, 6.07) is 12.0. The number of carbonyl (C=O) groups excluding carboxylic acids is 1. The van der Waals surface area contributed by atoms with Crippen LogP contribution in [-0.2, 0) is 11.2 Å². The fraction of sp³-hybridized carbons (Fsp3) is 0.261. The quantitative estimate of drug-likeness (QED) is 0.332. The summed E-state index contributed by atoms with van der Waals surface area (Å²) in [5.41, 5.74) is 1.16. The molecule has 3 aromatic rings. The summed E-state index contributed by atoms with van der Waals surface area (Å²) in [5, 5.41) is 3.07. The van der Waals surface area contributed by atoms with Crippen LogP contribution >= 0.6 is 23.5 Å². The van der Waals surface area contributed by atoms with Gasteiger partial charge in [-0.15, -0.1) is 24.9 Å². The molecule has 1 N–H and O–H groups in total. The second kappa shape index (κ2) is 10.6. The molecule has 2 heterocycles. The number of carbonyl (C=O) groups is 1. The van der Waals surface area contributed by atoms with Crippen molar-refractivity contribution in [2.24, 2.45) is 0 Å². The number of benzene rings is 2. The van der Waals surface area contributed by atoms with Crippen LogP contribution in [0.1, 0.15) is 12.6 Å². The number of alkyl halides is 3. The zero-order valence-electron chi connectivity index (χ0n) is 18.4. The third kappa shape index (κ3) is 6.12. The predicted octanol–water partition coefficient (Wildman–Crippen LogP) is 4.91. The number of ether oxygens (including phenoxy) is 2. The number of aromatic nitrogens is 2. The monoisotopic (exact) mass is 523 g/mol. The Morgan fingerprint density at radius 1 is 1.20 bits per heavy atom. The Balaban J connectivity index is 1.58. The third-order valence-electron chi connectivity index (χ3n) is 4.79. The molecule has 12 heteroatoms. The first kappa shape index (κ1) is 25.0. The molecule has 0 aliphatic carbocycles. The first-order chi connectivity index (χ1) is 16.7. The Labute approximate surface area is 207 Å². The number of rotatable bonds is 8. The Morgan fingerprint density at radius 3 is 2.66 bits per heavy atom. The van der Waals surface area contributed by atoms with E-state index in [1.165, 1.54) is 28.5 Å². The van der Waals surface area contributed by atoms with E-state index in [-0.39, 0.29) is 22.4 Å². The molecule has 184 valence electrons. The van der Waals surface area contributed by atoms with Gasteiger partial charge in [-0.25, -0.2) is 4.98 Å². The average Bonchev–Trinajstić information content (AvgIpc) is 3.28. The molecule has 4 rings (SSSR count). The summed E-state index contributed by atoms with van der Waals surface area (Å²) in [6.45, 7) is 2.28. The normalized spacial score (nSPS) is 12.8. The van der Waals surface area contributed by atoms with Gasteiger partial charge in [0.05, 0.1) is 34.3 Å². The molecule has 0 atom stereocenters. The highest BCUT2D eigenvalue weighted by Crippen LogP contribution is 2.31. The van der Waals surface area contributed by atoms with E-state index in [9.17, 15) is 22.8 Å². The second-order valence-corrected chi connectivity index (χ2v) is 9.26. The van der Waals surface area contributed by atoms with Crippen molar-refractivity contribution in [2.45, 2.75) is 29.8 Å². The number of nitrogens with zero attached hydrogens (tertiary/aromatic N) is 2. The molecule has 0 fully saturated rings. The van der Waals surface area contributed by atoms with Crippen LogP contribution in [0.25, 0.3) is 5.69 Å². The van der Waals surface area contributed by atoms with Crippen molar-refractivity contribution >= 4 is 35.1 Å². The number of halogens is 3.